The van der Waals surface area contributed by atoms with Gasteiger partial charge in [-0.1, -0.05) is 28.1 Å². The van der Waals surface area contributed by atoms with Crippen molar-refractivity contribution < 1.29 is 9.21 Å². The van der Waals surface area contributed by atoms with Crippen LogP contribution in [0.25, 0.3) is 11.0 Å². The second-order valence-electron chi connectivity index (χ2n) is 3.03. The topological polar surface area (TPSA) is 47.3 Å². The van der Waals surface area contributed by atoms with Gasteiger partial charge in [0.1, 0.15) is 5.58 Å². The Morgan fingerprint density at radius 3 is 2.80 bits per heavy atom. The van der Waals surface area contributed by atoms with E-state index in [0.29, 0.717) is 11.0 Å². The fourth-order valence-corrected chi connectivity index (χ4v) is 1.58. The average molecular weight is 267 g/mol. The highest BCUT2D eigenvalue weighted by Gasteiger charge is 2.10. The van der Waals surface area contributed by atoms with Gasteiger partial charge in [0.2, 0.25) is 5.78 Å². The number of para-hydroxylation sites is 1. The Morgan fingerprint density at radius 1 is 1.33 bits per heavy atom. The normalized spacial score (nSPS) is 10.5. The third-order valence-electron chi connectivity index (χ3n) is 2.03. The van der Waals surface area contributed by atoms with Crippen molar-refractivity contribution in [2.45, 2.75) is 0 Å². The van der Waals surface area contributed by atoms with E-state index in [1.807, 2.05) is 0 Å². The zero-order chi connectivity index (χ0) is 10.8. The Balaban J connectivity index is 2.73. The maximum atomic E-state index is 11.6. The molecule has 0 N–H and O–H groups in total. The number of hydrogen-bond donors (Lipinski definition) is 0. The van der Waals surface area contributed by atoms with Crippen molar-refractivity contribution >= 4 is 32.7 Å². The molecule has 0 unspecified atom stereocenters. The highest BCUT2D eigenvalue weighted by molar-refractivity contribution is 9.09. The minimum atomic E-state index is -0.238. The number of alkyl halides is 1. The van der Waals surface area contributed by atoms with Crippen molar-refractivity contribution in [2.75, 3.05) is 5.33 Å². The van der Waals surface area contributed by atoms with Gasteiger partial charge in [-0.2, -0.15) is 0 Å². The molecule has 0 aliphatic rings. The largest absolute Gasteiger partial charge is 0.453 e. The van der Waals surface area contributed by atoms with Crippen LogP contribution in [-0.2, 0) is 0 Å². The summed E-state index contributed by atoms with van der Waals surface area (Å²) in [6.45, 7) is 0. The van der Waals surface area contributed by atoms with Gasteiger partial charge >= 0.3 is 0 Å². The zero-order valence-corrected chi connectivity index (χ0v) is 9.28. The molecule has 0 aliphatic carbocycles. The molecule has 0 bridgehead atoms. The Morgan fingerprint density at radius 2 is 2.07 bits per heavy atom. The monoisotopic (exact) mass is 266 g/mol. The molecular weight excluding hydrogens is 260 g/mol. The van der Waals surface area contributed by atoms with Crippen LogP contribution in [0.15, 0.2) is 39.5 Å². The number of carbonyl (C=O) groups is 1. The maximum absolute atomic E-state index is 11.6. The maximum Gasteiger partial charge on any atom is 0.208 e. The summed E-state index contributed by atoms with van der Waals surface area (Å²) in [5.41, 5.74) is 0.246. The molecule has 0 saturated carbocycles. The third-order valence-corrected chi connectivity index (χ3v) is 2.54. The van der Waals surface area contributed by atoms with Crippen LogP contribution in [0.2, 0.25) is 0 Å². The molecule has 0 amide bonds. The fraction of sp³-hybridized carbons (Fsp3) is 0.0909. The van der Waals surface area contributed by atoms with Crippen LogP contribution < -0.4 is 5.43 Å². The molecule has 1 aromatic carbocycles. The summed E-state index contributed by atoms with van der Waals surface area (Å²) in [5, 5.41) is 0.637. The molecule has 2 rings (SSSR count). The minimum absolute atomic E-state index is 0.0931. The zero-order valence-electron chi connectivity index (χ0n) is 7.70. The van der Waals surface area contributed by atoms with E-state index >= 15 is 0 Å². The number of ketones is 1. The second-order valence-corrected chi connectivity index (χ2v) is 3.59. The Hall–Kier alpha value is -1.42. The van der Waals surface area contributed by atoms with Gasteiger partial charge in [-0.3, -0.25) is 9.59 Å². The molecule has 0 aliphatic heterocycles. The number of Topliss-reactive ketones (excluding diaryl/α,β-unsaturated/α-hetero) is 1. The van der Waals surface area contributed by atoms with E-state index in [9.17, 15) is 9.59 Å². The van der Waals surface area contributed by atoms with E-state index in [1.54, 1.807) is 24.3 Å². The molecule has 4 heteroatoms. The van der Waals surface area contributed by atoms with Crippen LogP contribution in [0, 0.1) is 0 Å². The predicted octanol–water partition coefficient (Wildman–Crippen LogP) is 2.37. The molecule has 3 nitrogen and oxygen atoms in total. The summed E-state index contributed by atoms with van der Waals surface area (Å²) in [6, 6.07) is 8.08. The first-order valence-electron chi connectivity index (χ1n) is 4.34. The summed E-state index contributed by atoms with van der Waals surface area (Å²) in [4.78, 5) is 22.9. The standard InChI is InChI=1S/C11H7BrO3/c12-6-9(14)11-5-8(13)7-3-1-2-4-10(7)15-11/h1-5H,6H2. The minimum Gasteiger partial charge on any atom is -0.453 e. The summed E-state index contributed by atoms with van der Waals surface area (Å²) in [6.07, 6.45) is 0. The number of carbonyl (C=O) groups excluding carboxylic acids is 1. The van der Waals surface area contributed by atoms with Crippen molar-refractivity contribution in [3.63, 3.8) is 0 Å². The van der Waals surface area contributed by atoms with Gasteiger partial charge in [0.05, 0.1) is 10.7 Å². The lowest BCUT2D eigenvalue weighted by Gasteiger charge is -1.99. The Bertz CT molecular complexity index is 571. The van der Waals surface area contributed by atoms with E-state index in [4.69, 9.17) is 4.42 Å². The molecule has 76 valence electrons. The van der Waals surface area contributed by atoms with E-state index in [0.717, 1.165) is 0 Å². The Kier molecular flexibility index (Phi) is 2.68. The number of halogens is 1. The molecule has 0 saturated heterocycles. The van der Waals surface area contributed by atoms with Crippen molar-refractivity contribution in [2.24, 2.45) is 0 Å². The van der Waals surface area contributed by atoms with Crippen LogP contribution in [0.4, 0.5) is 0 Å². The highest BCUT2D eigenvalue weighted by Crippen LogP contribution is 2.12. The van der Waals surface area contributed by atoms with Crippen LogP contribution in [0.5, 0.6) is 0 Å². The van der Waals surface area contributed by atoms with E-state index in [1.165, 1.54) is 6.07 Å². The second kappa shape index (κ2) is 3.98. The van der Waals surface area contributed by atoms with Crippen LogP contribution in [0.3, 0.4) is 0 Å². The van der Waals surface area contributed by atoms with Crippen molar-refractivity contribution in [1.82, 2.24) is 0 Å². The quantitative estimate of drug-likeness (QED) is 0.620. The van der Waals surface area contributed by atoms with Crippen LogP contribution in [-0.4, -0.2) is 11.1 Å². The van der Waals surface area contributed by atoms with Gasteiger partial charge < -0.3 is 4.42 Å². The third kappa shape index (κ3) is 1.85. The van der Waals surface area contributed by atoms with Gasteiger partial charge in [0.25, 0.3) is 0 Å². The molecule has 0 atom stereocenters. The lowest BCUT2D eigenvalue weighted by atomic mass is 10.2. The lowest BCUT2D eigenvalue weighted by Crippen LogP contribution is -2.07. The molecular formula is C11H7BrO3. The van der Waals surface area contributed by atoms with Crippen molar-refractivity contribution in [3.05, 3.63) is 46.3 Å². The first-order valence-corrected chi connectivity index (χ1v) is 5.46. The molecule has 15 heavy (non-hydrogen) atoms. The lowest BCUT2D eigenvalue weighted by molar-refractivity contribution is 0.0994. The Labute approximate surface area is 93.8 Å². The van der Waals surface area contributed by atoms with Crippen LogP contribution in [0.1, 0.15) is 10.6 Å². The highest BCUT2D eigenvalue weighted by atomic mass is 79.9. The number of rotatable bonds is 2. The number of benzene rings is 1. The van der Waals surface area contributed by atoms with Gasteiger partial charge in [-0.05, 0) is 12.1 Å². The van der Waals surface area contributed by atoms with Gasteiger partial charge in [-0.25, -0.2) is 0 Å². The molecule has 0 spiro atoms. The van der Waals surface area contributed by atoms with Gasteiger partial charge in [-0.15, -0.1) is 0 Å². The molecule has 1 aromatic heterocycles. The summed E-state index contributed by atoms with van der Waals surface area (Å²) in [5.74, 6) is -0.145. The molecule has 0 fully saturated rings. The molecule has 1 heterocycles. The summed E-state index contributed by atoms with van der Waals surface area (Å²) < 4.78 is 5.32. The predicted molar refractivity (Wildman–Crippen MR) is 60.6 cm³/mol. The average Bonchev–Trinajstić information content (AvgIpc) is 2.28. The molecule has 0 radical (unpaired) electrons. The smallest absolute Gasteiger partial charge is 0.208 e. The van der Waals surface area contributed by atoms with Crippen molar-refractivity contribution in [3.8, 4) is 0 Å². The van der Waals surface area contributed by atoms with E-state index in [2.05, 4.69) is 15.9 Å². The number of fused-ring (bicyclic) bond motifs is 1. The van der Waals surface area contributed by atoms with Gasteiger partial charge in [0.15, 0.2) is 11.2 Å². The number of hydrogen-bond acceptors (Lipinski definition) is 3. The fourth-order valence-electron chi connectivity index (χ4n) is 1.31. The van der Waals surface area contributed by atoms with Crippen LogP contribution >= 0.6 is 15.9 Å². The van der Waals surface area contributed by atoms with E-state index < -0.39 is 0 Å². The summed E-state index contributed by atoms with van der Waals surface area (Å²) in [7, 11) is 0. The summed E-state index contributed by atoms with van der Waals surface area (Å²) >= 11 is 3.03. The first kappa shape index (κ1) is 10.1. The molecule has 2 aromatic rings. The first-order chi connectivity index (χ1) is 7.22. The van der Waals surface area contributed by atoms with Gasteiger partial charge in [0, 0.05) is 6.07 Å². The SMILES string of the molecule is O=C(CBr)c1cc(=O)c2ccccc2o1. The van der Waals surface area contributed by atoms with E-state index in [-0.39, 0.29) is 22.3 Å². The van der Waals surface area contributed by atoms with Crippen molar-refractivity contribution in [1.29, 1.82) is 0 Å².